The highest BCUT2D eigenvalue weighted by Crippen LogP contribution is 2.30. The quantitative estimate of drug-likeness (QED) is 0.574. The number of thiophene rings is 1. The minimum absolute atomic E-state index is 0.197. The van der Waals surface area contributed by atoms with Gasteiger partial charge >= 0.3 is 5.69 Å². The fraction of sp³-hybridized carbons (Fsp3) is 0.300. The predicted octanol–water partition coefficient (Wildman–Crippen LogP) is 2.62. The van der Waals surface area contributed by atoms with Gasteiger partial charge in [-0.2, -0.15) is 5.10 Å². The molecule has 27 heavy (non-hydrogen) atoms. The molecule has 6 nitrogen and oxygen atoms in total. The van der Waals surface area contributed by atoms with E-state index in [1.54, 1.807) is 15.7 Å². The molecule has 1 aliphatic heterocycles. The summed E-state index contributed by atoms with van der Waals surface area (Å²) in [6.07, 6.45) is 0. The number of rotatable bonds is 3. The van der Waals surface area contributed by atoms with E-state index in [1.807, 2.05) is 6.07 Å². The molecule has 1 aromatic carbocycles. The van der Waals surface area contributed by atoms with Crippen LogP contribution in [0.2, 0.25) is 0 Å². The first-order chi connectivity index (χ1) is 13.2. The van der Waals surface area contributed by atoms with Gasteiger partial charge in [-0.1, -0.05) is 12.1 Å². The second-order valence-electron chi connectivity index (χ2n) is 7.11. The molecule has 1 aliphatic rings. The first kappa shape index (κ1) is 16.7. The predicted molar refractivity (Wildman–Crippen MR) is 110 cm³/mol. The molecule has 0 radical (unpaired) electrons. The van der Waals surface area contributed by atoms with Crippen molar-refractivity contribution < 1.29 is 0 Å². The number of H-pyrrole nitrogens is 1. The lowest BCUT2D eigenvalue weighted by molar-refractivity contribution is 0.235. The van der Waals surface area contributed by atoms with E-state index < -0.39 is 0 Å². The lowest BCUT2D eigenvalue weighted by Gasteiger charge is -2.26. The number of aryl methyl sites for hydroxylation is 1. The number of aromatic nitrogens is 3. The third-order valence-electron chi connectivity index (χ3n) is 5.28. The largest absolute Gasteiger partial charge is 0.348 e. The van der Waals surface area contributed by atoms with Crippen molar-refractivity contribution in [2.24, 2.45) is 0 Å². The molecule has 1 saturated heterocycles. The van der Waals surface area contributed by atoms with Crippen LogP contribution in [0, 0.1) is 6.92 Å². The van der Waals surface area contributed by atoms with Crippen LogP contribution in [0.5, 0.6) is 0 Å². The number of fused-ring (bicyclic) bond motifs is 3. The van der Waals surface area contributed by atoms with E-state index in [0.717, 1.165) is 54.8 Å². The Kier molecular flexibility index (Phi) is 4.07. The van der Waals surface area contributed by atoms with Crippen molar-refractivity contribution >= 4 is 27.9 Å². The minimum Gasteiger partial charge on any atom is -0.314 e. The van der Waals surface area contributed by atoms with Crippen LogP contribution in [-0.2, 0) is 6.54 Å². The van der Waals surface area contributed by atoms with Gasteiger partial charge in [0.2, 0.25) is 0 Å². The van der Waals surface area contributed by atoms with Crippen LogP contribution in [0.4, 0.5) is 0 Å². The standard InChI is InChI=1S/C20H21N5OS/c1-13-8-19-22-23-20(26)25(19)18-10-14(2-3-17(13)18)15-9-16(27-12-15)11-24-6-4-21-5-7-24/h2-3,8-10,12,21H,4-7,11H2,1H3,(H,23,26). The Bertz CT molecular complexity index is 1180. The first-order valence-corrected chi connectivity index (χ1v) is 10.1. The smallest absolute Gasteiger partial charge is 0.314 e. The van der Waals surface area contributed by atoms with E-state index in [9.17, 15) is 4.79 Å². The van der Waals surface area contributed by atoms with Crippen LogP contribution in [0.1, 0.15) is 10.4 Å². The van der Waals surface area contributed by atoms with Gasteiger partial charge in [0.1, 0.15) is 0 Å². The third-order valence-corrected chi connectivity index (χ3v) is 6.21. The summed E-state index contributed by atoms with van der Waals surface area (Å²) in [5.74, 6) is 0. The Hall–Kier alpha value is -2.48. The van der Waals surface area contributed by atoms with Crippen molar-refractivity contribution in [3.8, 4) is 11.1 Å². The topological polar surface area (TPSA) is 65.4 Å². The van der Waals surface area contributed by atoms with Crippen LogP contribution in [0.25, 0.3) is 27.7 Å². The Balaban J connectivity index is 1.54. The zero-order chi connectivity index (χ0) is 18.4. The lowest BCUT2D eigenvalue weighted by atomic mass is 10.0. The van der Waals surface area contributed by atoms with Gasteiger partial charge in [-0.15, -0.1) is 11.3 Å². The van der Waals surface area contributed by atoms with E-state index in [1.165, 1.54) is 10.4 Å². The molecule has 0 spiro atoms. The zero-order valence-corrected chi connectivity index (χ0v) is 16.0. The molecule has 0 saturated carbocycles. The number of piperazine rings is 1. The van der Waals surface area contributed by atoms with Crippen LogP contribution in [0.3, 0.4) is 0 Å². The first-order valence-electron chi connectivity index (χ1n) is 9.20. The van der Waals surface area contributed by atoms with Crippen LogP contribution in [0.15, 0.2) is 40.5 Å². The molecule has 0 atom stereocenters. The summed E-state index contributed by atoms with van der Waals surface area (Å²) < 4.78 is 1.65. The minimum atomic E-state index is -0.197. The van der Waals surface area contributed by atoms with Gasteiger partial charge < -0.3 is 5.32 Å². The van der Waals surface area contributed by atoms with Crippen LogP contribution >= 0.6 is 11.3 Å². The molecule has 0 amide bonds. The summed E-state index contributed by atoms with van der Waals surface area (Å²) in [4.78, 5) is 16.1. The van der Waals surface area contributed by atoms with Crippen molar-refractivity contribution in [2.75, 3.05) is 26.2 Å². The van der Waals surface area contributed by atoms with Crippen molar-refractivity contribution in [3.63, 3.8) is 0 Å². The van der Waals surface area contributed by atoms with Gasteiger partial charge in [-0.05, 0) is 47.2 Å². The van der Waals surface area contributed by atoms with Crippen molar-refractivity contribution in [1.82, 2.24) is 24.8 Å². The van der Waals surface area contributed by atoms with Crippen molar-refractivity contribution in [2.45, 2.75) is 13.5 Å². The van der Waals surface area contributed by atoms with E-state index in [4.69, 9.17) is 0 Å². The number of nitrogens with zero attached hydrogens (tertiary/aromatic N) is 3. The molecule has 4 heterocycles. The average Bonchev–Trinajstić information content (AvgIpc) is 3.29. The molecule has 0 aliphatic carbocycles. The maximum Gasteiger partial charge on any atom is 0.348 e. The Morgan fingerprint density at radius 1 is 1.15 bits per heavy atom. The third kappa shape index (κ3) is 2.97. The Labute approximate surface area is 160 Å². The van der Waals surface area contributed by atoms with Crippen molar-refractivity contribution in [1.29, 1.82) is 0 Å². The summed E-state index contributed by atoms with van der Waals surface area (Å²) in [6.45, 7) is 7.39. The van der Waals surface area contributed by atoms with E-state index in [2.05, 4.69) is 57.0 Å². The summed E-state index contributed by atoms with van der Waals surface area (Å²) in [6, 6.07) is 10.6. The number of nitrogens with one attached hydrogen (secondary N) is 2. The van der Waals surface area contributed by atoms with Gasteiger partial charge in [-0.3, -0.25) is 4.90 Å². The van der Waals surface area contributed by atoms with E-state index in [-0.39, 0.29) is 5.69 Å². The number of pyridine rings is 1. The van der Waals surface area contributed by atoms with Gasteiger partial charge in [-0.25, -0.2) is 14.3 Å². The molecule has 0 unspecified atom stereocenters. The molecule has 2 N–H and O–H groups in total. The van der Waals surface area contributed by atoms with E-state index >= 15 is 0 Å². The summed E-state index contributed by atoms with van der Waals surface area (Å²) in [5.41, 5.74) is 4.82. The summed E-state index contributed by atoms with van der Waals surface area (Å²) in [5, 5.41) is 13.4. The molecular weight excluding hydrogens is 358 g/mol. The highest BCUT2D eigenvalue weighted by atomic mass is 32.1. The number of hydrogen-bond donors (Lipinski definition) is 2. The van der Waals surface area contributed by atoms with Gasteiger partial charge in [0.15, 0.2) is 5.65 Å². The maximum atomic E-state index is 12.2. The fourth-order valence-electron chi connectivity index (χ4n) is 3.84. The average molecular weight is 379 g/mol. The molecule has 4 aromatic rings. The van der Waals surface area contributed by atoms with Gasteiger partial charge in [0.05, 0.1) is 5.52 Å². The molecule has 1 fully saturated rings. The van der Waals surface area contributed by atoms with Crippen LogP contribution < -0.4 is 11.0 Å². The molecule has 0 bridgehead atoms. The highest BCUT2D eigenvalue weighted by molar-refractivity contribution is 7.10. The maximum absolute atomic E-state index is 12.2. The fourth-order valence-corrected chi connectivity index (χ4v) is 4.78. The number of benzene rings is 1. The molecule has 7 heteroatoms. The molecule has 3 aromatic heterocycles. The Morgan fingerprint density at radius 2 is 2.00 bits per heavy atom. The van der Waals surface area contributed by atoms with Gasteiger partial charge in [0.25, 0.3) is 0 Å². The zero-order valence-electron chi connectivity index (χ0n) is 15.2. The highest BCUT2D eigenvalue weighted by Gasteiger charge is 2.13. The van der Waals surface area contributed by atoms with E-state index in [0.29, 0.717) is 5.65 Å². The molecule has 138 valence electrons. The number of hydrogen-bond acceptors (Lipinski definition) is 5. The monoisotopic (exact) mass is 379 g/mol. The molecular formula is C20H21N5OS. The summed E-state index contributed by atoms with van der Waals surface area (Å²) in [7, 11) is 0. The SMILES string of the molecule is Cc1cc2n[nH]c(=O)n2c2cc(-c3csc(CN4CCNCC4)c3)ccc12. The second-order valence-corrected chi connectivity index (χ2v) is 8.11. The summed E-state index contributed by atoms with van der Waals surface area (Å²) >= 11 is 1.81. The van der Waals surface area contributed by atoms with Gasteiger partial charge in [0, 0.05) is 43.0 Å². The lowest BCUT2D eigenvalue weighted by Crippen LogP contribution is -2.42. The van der Waals surface area contributed by atoms with Crippen LogP contribution in [-0.4, -0.2) is 45.7 Å². The molecule has 5 rings (SSSR count). The second kappa shape index (κ2) is 6.60. The van der Waals surface area contributed by atoms with Crippen molar-refractivity contribution in [3.05, 3.63) is 56.6 Å². The number of aromatic amines is 1. The Morgan fingerprint density at radius 3 is 2.85 bits per heavy atom. The normalized spacial score (nSPS) is 15.7.